The van der Waals surface area contributed by atoms with Crippen molar-refractivity contribution < 1.29 is 28.6 Å². The van der Waals surface area contributed by atoms with Gasteiger partial charge in [-0.3, -0.25) is 4.79 Å². The number of ether oxygens (including phenoxy) is 2. The number of anilines is 1. The smallest absolute Gasteiger partial charge is 0.335 e. The molecule has 0 bridgehead atoms. The molecule has 0 aliphatic heterocycles. The number of benzene rings is 3. The van der Waals surface area contributed by atoms with Crippen LogP contribution in [0.4, 0.5) is 10.1 Å². The normalized spacial score (nSPS) is 10.9. The Bertz CT molecular complexity index is 1300. The van der Waals surface area contributed by atoms with Crippen LogP contribution in [0.25, 0.3) is 6.08 Å². The van der Waals surface area contributed by atoms with E-state index < -0.39 is 11.9 Å². The first-order valence-corrected chi connectivity index (χ1v) is 11.2. The zero-order valence-electron chi connectivity index (χ0n) is 18.5. The Hall–Kier alpha value is -4.16. The number of carboxylic acids is 1. The fourth-order valence-corrected chi connectivity index (χ4v) is 3.59. The summed E-state index contributed by atoms with van der Waals surface area (Å²) in [5.74, 6) is -1.25. The van der Waals surface area contributed by atoms with Gasteiger partial charge in [0, 0.05) is 5.69 Å². The monoisotopic (exact) mass is 538 g/mol. The maximum atomic E-state index is 13.1. The molecule has 1 amide bonds. The van der Waals surface area contributed by atoms with Gasteiger partial charge in [-0.2, -0.15) is 5.26 Å². The summed E-state index contributed by atoms with van der Waals surface area (Å²) in [6.07, 6.45) is 1.40. The van der Waals surface area contributed by atoms with Crippen LogP contribution in [0.15, 0.2) is 70.7 Å². The average molecular weight is 539 g/mol. The standard InChI is InChI=1S/C26H20BrFN2O5/c1-2-34-23-13-17(12-22(27)24(23)35-15-16-3-7-20(28)8-4-16)11-19(14-29)25(31)30-21-9-5-18(6-10-21)26(32)33/h3-13H,2,15H2,1H3,(H,30,31)(H,32,33)/b19-11+. The van der Waals surface area contributed by atoms with E-state index in [4.69, 9.17) is 14.6 Å². The van der Waals surface area contributed by atoms with Gasteiger partial charge in [-0.05, 0) is 88.6 Å². The second-order valence-electron chi connectivity index (χ2n) is 7.18. The molecule has 0 unspecified atom stereocenters. The van der Waals surface area contributed by atoms with Gasteiger partial charge in [0.15, 0.2) is 11.5 Å². The Morgan fingerprint density at radius 2 is 1.80 bits per heavy atom. The van der Waals surface area contributed by atoms with Gasteiger partial charge >= 0.3 is 5.97 Å². The third-order valence-corrected chi connectivity index (χ3v) is 5.28. The predicted octanol–water partition coefficient (Wildman–Crippen LogP) is 5.81. The third kappa shape index (κ3) is 6.91. The number of hydrogen-bond donors (Lipinski definition) is 2. The van der Waals surface area contributed by atoms with Crippen LogP contribution in [0.1, 0.15) is 28.4 Å². The summed E-state index contributed by atoms with van der Waals surface area (Å²) in [5, 5.41) is 21.1. The minimum Gasteiger partial charge on any atom is -0.490 e. The molecule has 3 rings (SSSR count). The largest absolute Gasteiger partial charge is 0.490 e. The Morgan fingerprint density at radius 1 is 1.11 bits per heavy atom. The van der Waals surface area contributed by atoms with E-state index in [1.54, 1.807) is 24.3 Å². The van der Waals surface area contributed by atoms with E-state index in [2.05, 4.69) is 21.2 Å². The zero-order valence-corrected chi connectivity index (χ0v) is 20.1. The lowest BCUT2D eigenvalue weighted by atomic mass is 10.1. The number of rotatable bonds is 9. The highest BCUT2D eigenvalue weighted by atomic mass is 79.9. The van der Waals surface area contributed by atoms with Gasteiger partial charge in [0.1, 0.15) is 24.1 Å². The number of carbonyl (C=O) groups is 2. The molecule has 0 radical (unpaired) electrons. The number of carbonyl (C=O) groups excluding carboxylic acids is 1. The number of halogens is 2. The molecule has 7 nitrogen and oxygen atoms in total. The molecular weight excluding hydrogens is 519 g/mol. The highest BCUT2D eigenvalue weighted by Gasteiger charge is 2.15. The van der Waals surface area contributed by atoms with Crippen molar-refractivity contribution in [1.82, 2.24) is 0 Å². The van der Waals surface area contributed by atoms with Gasteiger partial charge in [-0.15, -0.1) is 0 Å². The van der Waals surface area contributed by atoms with Crippen LogP contribution in [0, 0.1) is 17.1 Å². The minimum atomic E-state index is -1.08. The maximum Gasteiger partial charge on any atom is 0.335 e. The second kappa shape index (κ2) is 11.8. The summed E-state index contributed by atoms with van der Waals surface area (Å²) in [6, 6.07) is 16.7. The molecule has 0 aromatic heterocycles. The lowest BCUT2D eigenvalue weighted by Gasteiger charge is -2.15. The van der Waals surface area contributed by atoms with Gasteiger partial charge in [0.25, 0.3) is 5.91 Å². The molecule has 0 fully saturated rings. The Morgan fingerprint density at radius 3 is 2.40 bits per heavy atom. The molecule has 35 heavy (non-hydrogen) atoms. The summed E-state index contributed by atoms with van der Waals surface area (Å²) < 4.78 is 25.3. The highest BCUT2D eigenvalue weighted by molar-refractivity contribution is 9.10. The number of nitriles is 1. The lowest BCUT2D eigenvalue weighted by Crippen LogP contribution is -2.13. The highest BCUT2D eigenvalue weighted by Crippen LogP contribution is 2.38. The van der Waals surface area contributed by atoms with Gasteiger partial charge in [0.05, 0.1) is 16.6 Å². The van der Waals surface area contributed by atoms with Crippen LogP contribution in [0.2, 0.25) is 0 Å². The summed E-state index contributed by atoms with van der Waals surface area (Å²) in [7, 11) is 0. The number of carboxylic acid groups (broad SMARTS) is 1. The van der Waals surface area contributed by atoms with Crippen LogP contribution < -0.4 is 14.8 Å². The summed E-state index contributed by atoms with van der Waals surface area (Å²) in [4.78, 5) is 23.6. The number of aromatic carboxylic acids is 1. The Kier molecular flexibility index (Phi) is 8.59. The maximum absolute atomic E-state index is 13.1. The third-order valence-electron chi connectivity index (χ3n) is 4.69. The molecule has 0 spiro atoms. The van der Waals surface area contributed by atoms with Gasteiger partial charge < -0.3 is 19.9 Å². The first-order valence-electron chi connectivity index (χ1n) is 10.4. The number of amides is 1. The molecule has 0 aliphatic rings. The van der Waals surface area contributed by atoms with Crippen LogP contribution in [-0.2, 0) is 11.4 Å². The minimum absolute atomic E-state index is 0.0779. The van der Waals surface area contributed by atoms with Gasteiger partial charge in [-0.1, -0.05) is 12.1 Å². The molecule has 178 valence electrons. The first-order chi connectivity index (χ1) is 16.8. The SMILES string of the molecule is CCOc1cc(/C=C(\C#N)C(=O)Nc2ccc(C(=O)O)cc2)cc(Br)c1OCc1ccc(F)cc1. The first kappa shape index (κ1) is 25.5. The van der Waals surface area contributed by atoms with E-state index in [-0.39, 0.29) is 23.6 Å². The zero-order chi connectivity index (χ0) is 25.4. The fourth-order valence-electron chi connectivity index (χ4n) is 3.02. The van der Waals surface area contributed by atoms with E-state index in [0.717, 1.165) is 5.56 Å². The van der Waals surface area contributed by atoms with E-state index in [1.807, 2.05) is 13.0 Å². The molecule has 3 aromatic rings. The molecule has 3 aromatic carbocycles. The van der Waals surface area contributed by atoms with Crippen molar-refractivity contribution in [2.45, 2.75) is 13.5 Å². The number of nitrogens with one attached hydrogen (secondary N) is 1. The Labute approximate surface area is 209 Å². The van der Waals surface area contributed by atoms with Crippen LogP contribution in [0.3, 0.4) is 0 Å². The molecule has 0 atom stereocenters. The Balaban J connectivity index is 1.81. The van der Waals surface area contributed by atoms with Crippen molar-refractivity contribution in [3.05, 3.63) is 93.2 Å². The summed E-state index contributed by atoms with van der Waals surface area (Å²) >= 11 is 3.45. The summed E-state index contributed by atoms with van der Waals surface area (Å²) in [5.41, 5.74) is 1.55. The van der Waals surface area contributed by atoms with Gasteiger partial charge in [-0.25, -0.2) is 9.18 Å². The van der Waals surface area contributed by atoms with Crippen molar-refractivity contribution in [2.75, 3.05) is 11.9 Å². The molecular formula is C26H20BrFN2O5. The van der Waals surface area contributed by atoms with Gasteiger partial charge in [0.2, 0.25) is 0 Å². The topological polar surface area (TPSA) is 109 Å². The average Bonchev–Trinajstić information content (AvgIpc) is 2.83. The van der Waals surface area contributed by atoms with Crippen LogP contribution in [0.5, 0.6) is 11.5 Å². The van der Waals surface area contributed by atoms with Crippen molar-refractivity contribution >= 4 is 39.6 Å². The number of nitrogens with zero attached hydrogens (tertiary/aromatic N) is 1. The number of hydrogen-bond acceptors (Lipinski definition) is 5. The van der Waals surface area contributed by atoms with Crippen molar-refractivity contribution in [3.8, 4) is 17.6 Å². The predicted molar refractivity (Wildman–Crippen MR) is 132 cm³/mol. The molecule has 0 saturated heterocycles. The van der Waals surface area contributed by atoms with E-state index >= 15 is 0 Å². The molecule has 2 N–H and O–H groups in total. The van der Waals surface area contributed by atoms with E-state index in [0.29, 0.717) is 33.8 Å². The molecule has 9 heteroatoms. The molecule has 0 saturated carbocycles. The van der Waals surface area contributed by atoms with Crippen molar-refractivity contribution in [1.29, 1.82) is 5.26 Å². The van der Waals surface area contributed by atoms with Crippen molar-refractivity contribution in [2.24, 2.45) is 0 Å². The summed E-state index contributed by atoms with van der Waals surface area (Å²) in [6.45, 7) is 2.34. The quantitative estimate of drug-likeness (QED) is 0.263. The van der Waals surface area contributed by atoms with E-state index in [1.165, 1.54) is 42.5 Å². The second-order valence-corrected chi connectivity index (χ2v) is 8.04. The molecule has 0 aliphatic carbocycles. The van der Waals surface area contributed by atoms with Crippen molar-refractivity contribution in [3.63, 3.8) is 0 Å². The lowest BCUT2D eigenvalue weighted by molar-refractivity contribution is -0.112. The van der Waals surface area contributed by atoms with E-state index in [9.17, 15) is 19.2 Å². The fraction of sp³-hybridized carbons (Fsp3) is 0.115. The molecule has 0 heterocycles. The van der Waals surface area contributed by atoms with Crippen LogP contribution >= 0.6 is 15.9 Å². The van der Waals surface area contributed by atoms with Crippen LogP contribution in [-0.4, -0.2) is 23.6 Å².